The monoisotopic (exact) mass is 247 g/mol. The predicted molar refractivity (Wildman–Crippen MR) is 67.6 cm³/mol. The standard InChI is InChI=1S/C12H13N3OS/c13-5-9-1-3-10(4-2-9)6-14-12(16)11-7-17-8-15-11/h1-4,7-8H,5-6,13H2,(H,14,16). The molecule has 1 heterocycles. The molecular formula is C12H13N3OS. The van der Waals surface area contributed by atoms with Gasteiger partial charge in [0.1, 0.15) is 5.69 Å². The van der Waals surface area contributed by atoms with E-state index < -0.39 is 0 Å². The second-order valence-corrected chi connectivity index (χ2v) is 4.30. The van der Waals surface area contributed by atoms with Crippen LogP contribution in [0.4, 0.5) is 0 Å². The molecule has 88 valence electrons. The summed E-state index contributed by atoms with van der Waals surface area (Å²) in [4.78, 5) is 15.6. The Hall–Kier alpha value is -1.72. The van der Waals surface area contributed by atoms with Gasteiger partial charge in [0.2, 0.25) is 0 Å². The van der Waals surface area contributed by atoms with Gasteiger partial charge in [0.25, 0.3) is 5.91 Å². The van der Waals surface area contributed by atoms with Crippen LogP contribution in [0.1, 0.15) is 21.6 Å². The number of nitrogens with two attached hydrogens (primary N) is 1. The lowest BCUT2D eigenvalue weighted by Crippen LogP contribution is -2.22. The summed E-state index contributed by atoms with van der Waals surface area (Å²) in [5.41, 5.74) is 9.75. The van der Waals surface area contributed by atoms with Gasteiger partial charge in [-0.05, 0) is 11.1 Å². The average molecular weight is 247 g/mol. The van der Waals surface area contributed by atoms with Crippen LogP contribution in [-0.4, -0.2) is 10.9 Å². The Labute approximate surface area is 103 Å². The Morgan fingerprint density at radius 2 is 2.00 bits per heavy atom. The molecule has 2 aromatic rings. The van der Waals surface area contributed by atoms with Gasteiger partial charge in [-0.2, -0.15) is 0 Å². The summed E-state index contributed by atoms with van der Waals surface area (Å²) >= 11 is 1.41. The first-order valence-electron chi connectivity index (χ1n) is 5.24. The van der Waals surface area contributed by atoms with Crippen molar-refractivity contribution in [3.8, 4) is 0 Å². The normalized spacial score (nSPS) is 10.2. The van der Waals surface area contributed by atoms with E-state index in [1.54, 1.807) is 10.9 Å². The smallest absolute Gasteiger partial charge is 0.271 e. The van der Waals surface area contributed by atoms with Gasteiger partial charge in [0, 0.05) is 18.5 Å². The summed E-state index contributed by atoms with van der Waals surface area (Å²) in [5.74, 6) is -0.144. The van der Waals surface area contributed by atoms with E-state index in [-0.39, 0.29) is 5.91 Å². The van der Waals surface area contributed by atoms with Crippen molar-refractivity contribution >= 4 is 17.2 Å². The second kappa shape index (κ2) is 5.56. The number of nitrogens with zero attached hydrogens (tertiary/aromatic N) is 1. The van der Waals surface area contributed by atoms with Crippen molar-refractivity contribution in [2.24, 2.45) is 5.73 Å². The predicted octanol–water partition coefficient (Wildman–Crippen LogP) is 1.53. The average Bonchev–Trinajstić information content (AvgIpc) is 2.90. The molecule has 0 aliphatic carbocycles. The van der Waals surface area contributed by atoms with Crippen LogP contribution < -0.4 is 11.1 Å². The van der Waals surface area contributed by atoms with Crippen molar-refractivity contribution in [3.63, 3.8) is 0 Å². The quantitative estimate of drug-likeness (QED) is 0.861. The van der Waals surface area contributed by atoms with Gasteiger partial charge in [-0.1, -0.05) is 24.3 Å². The van der Waals surface area contributed by atoms with Crippen molar-refractivity contribution in [1.29, 1.82) is 0 Å². The van der Waals surface area contributed by atoms with Gasteiger partial charge in [-0.3, -0.25) is 4.79 Å². The molecule has 0 radical (unpaired) electrons. The van der Waals surface area contributed by atoms with Gasteiger partial charge in [-0.15, -0.1) is 11.3 Å². The molecule has 1 aromatic carbocycles. The maximum absolute atomic E-state index is 11.6. The van der Waals surface area contributed by atoms with Crippen LogP contribution in [0.25, 0.3) is 0 Å². The molecule has 5 heteroatoms. The molecule has 0 fully saturated rings. The Kier molecular flexibility index (Phi) is 3.85. The summed E-state index contributed by atoms with van der Waals surface area (Å²) in [5, 5.41) is 4.54. The highest BCUT2D eigenvalue weighted by Gasteiger charge is 2.06. The number of thiazole rings is 1. The Balaban J connectivity index is 1.91. The maximum Gasteiger partial charge on any atom is 0.271 e. The SMILES string of the molecule is NCc1ccc(CNC(=O)c2cscn2)cc1. The molecule has 1 amide bonds. The number of hydrogen-bond acceptors (Lipinski definition) is 4. The summed E-state index contributed by atoms with van der Waals surface area (Å²) in [6, 6.07) is 7.85. The highest BCUT2D eigenvalue weighted by atomic mass is 32.1. The molecule has 0 aliphatic heterocycles. The molecule has 0 atom stereocenters. The molecule has 1 aromatic heterocycles. The summed E-state index contributed by atoms with van der Waals surface area (Å²) in [6.07, 6.45) is 0. The van der Waals surface area contributed by atoms with E-state index in [0.29, 0.717) is 18.8 Å². The number of amides is 1. The first-order chi connectivity index (χ1) is 8.29. The summed E-state index contributed by atoms with van der Waals surface area (Å²) in [6.45, 7) is 1.03. The molecule has 2 rings (SSSR count). The number of benzene rings is 1. The first-order valence-corrected chi connectivity index (χ1v) is 6.18. The topological polar surface area (TPSA) is 68.0 Å². The molecule has 3 N–H and O–H groups in total. The van der Waals surface area contributed by atoms with Crippen molar-refractivity contribution in [1.82, 2.24) is 10.3 Å². The van der Waals surface area contributed by atoms with Crippen LogP contribution in [0.2, 0.25) is 0 Å². The lowest BCUT2D eigenvalue weighted by Gasteiger charge is -2.04. The van der Waals surface area contributed by atoms with Crippen LogP contribution in [0.5, 0.6) is 0 Å². The van der Waals surface area contributed by atoms with E-state index in [2.05, 4.69) is 10.3 Å². The van der Waals surface area contributed by atoms with Gasteiger partial charge in [-0.25, -0.2) is 4.98 Å². The molecule has 17 heavy (non-hydrogen) atoms. The van der Waals surface area contributed by atoms with Crippen LogP contribution in [0, 0.1) is 0 Å². The highest BCUT2D eigenvalue weighted by Crippen LogP contribution is 2.05. The number of aromatic nitrogens is 1. The minimum absolute atomic E-state index is 0.144. The third-order valence-electron chi connectivity index (χ3n) is 2.38. The second-order valence-electron chi connectivity index (χ2n) is 3.58. The van der Waals surface area contributed by atoms with Crippen LogP contribution in [0.15, 0.2) is 35.2 Å². The lowest BCUT2D eigenvalue weighted by atomic mass is 10.1. The third kappa shape index (κ3) is 3.12. The zero-order chi connectivity index (χ0) is 12.1. The van der Waals surface area contributed by atoms with Crippen LogP contribution in [-0.2, 0) is 13.1 Å². The highest BCUT2D eigenvalue weighted by molar-refractivity contribution is 7.07. The maximum atomic E-state index is 11.6. The fraction of sp³-hybridized carbons (Fsp3) is 0.167. The van der Waals surface area contributed by atoms with Crippen LogP contribution in [0.3, 0.4) is 0 Å². The van der Waals surface area contributed by atoms with E-state index >= 15 is 0 Å². The minimum Gasteiger partial charge on any atom is -0.347 e. The number of rotatable bonds is 4. The van der Waals surface area contributed by atoms with Gasteiger partial charge in [0.15, 0.2) is 0 Å². The summed E-state index contributed by atoms with van der Waals surface area (Å²) in [7, 11) is 0. The molecule has 0 spiro atoms. The molecule has 0 saturated heterocycles. The van der Waals surface area contributed by atoms with Crippen molar-refractivity contribution in [2.45, 2.75) is 13.1 Å². The molecule has 0 unspecified atom stereocenters. The van der Waals surface area contributed by atoms with Gasteiger partial charge in [0.05, 0.1) is 5.51 Å². The van der Waals surface area contributed by atoms with Gasteiger partial charge >= 0.3 is 0 Å². The third-order valence-corrected chi connectivity index (χ3v) is 2.96. The molecule has 4 nitrogen and oxygen atoms in total. The molecule has 0 aliphatic rings. The minimum atomic E-state index is -0.144. The van der Waals surface area contributed by atoms with E-state index in [1.807, 2.05) is 24.3 Å². The zero-order valence-electron chi connectivity index (χ0n) is 9.22. The fourth-order valence-corrected chi connectivity index (χ4v) is 1.92. The number of hydrogen-bond donors (Lipinski definition) is 2. The first kappa shape index (κ1) is 11.8. The lowest BCUT2D eigenvalue weighted by molar-refractivity contribution is 0.0946. The molecule has 0 bridgehead atoms. The van der Waals surface area contributed by atoms with Gasteiger partial charge < -0.3 is 11.1 Å². The molecule has 0 saturated carbocycles. The largest absolute Gasteiger partial charge is 0.347 e. The number of carbonyl (C=O) groups is 1. The van der Waals surface area contributed by atoms with E-state index in [9.17, 15) is 4.79 Å². The van der Waals surface area contributed by atoms with Crippen molar-refractivity contribution in [2.75, 3.05) is 0 Å². The summed E-state index contributed by atoms with van der Waals surface area (Å²) < 4.78 is 0. The molecular weight excluding hydrogens is 234 g/mol. The van der Waals surface area contributed by atoms with Crippen molar-refractivity contribution in [3.05, 3.63) is 52.0 Å². The Morgan fingerprint density at radius 1 is 1.29 bits per heavy atom. The zero-order valence-corrected chi connectivity index (χ0v) is 10.0. The Bertz CT molecular complexity index is 479. The number of nitrogens with one attached hydrogen (secondary N) is 1. The van der Waals surface area contributed by atoms with E-state index in [1.165, 1.54) is 11.3 Å². The number of carbonyl (C=O) groups excluding carboxylic acids is 1. The Morgan fingerprint density at radius 3 is 2.59 bits per heavy atom. The fourth-order valence-electron chi connectivity index (χ4n) is 1.39. The van der Waals surface area contributed by atoms with E-state index in [4.69, 9.17) is 5.73 Å². The van der Waals surface area contributed by atoms with Crippen LogP contribution >= 0.6 is 11.3 Å². The van der Waals surface area contributed by atoms with Crippen molar-refractivity contribution < 1.29 is 4.79 Å². The van der Waals surface area contributed by atoms with E-state index in [0.717, 1.165) is 11.1 Å².